The van der Waals surface area contributed by atoms with Crippen molar-refractivity contribution in [1.29, 1.82) is 0 Å². The zero-order valence-corrected chi connectivity index (χ0v) is 16.7. The SMILES string of the molecule is NCCNC(=O)[C@@H](CCC(=O)OCc1ccccc1)NC(=O)OCc1ccccc1. The standard InChI is InChI=1S/C22H27N3O5/c23-13-14-24-21(27)19(25-22(28)30-16-18-9-5-2-6-10-18)11-12-20(26)29-15-17-7-3-1-4-8-17/h1-10,19H,11-16,23H2,(H,24,27)(H,25,28)/t19-/m1/s1. The number of esters is 1. The zero-order chi connectivity index (χ0) is 21.6. The Kier molecular flexibility index (Phi) is 9.88. The van der Waals surface area contributed by atoms with E-state index in [0.717, 1.165) is 11.1 Å². The maximum Gasteiger partial charge on any atom is 0.408 e. The van der Waals surface area contributed by atoms with Crippen molar-refractivity contribution < 1.29 is 23.9 Å². The van der Waals surface area contributed by atoms with Gasteiger partial charge in [-0.05, 0) is 17.5 Å². The Balaban J connectivity index is 1.82. The van der Waals surface area contributed by atoms with Gasteiger partial charge in [-0.25, -0.2) is 4.79 Å². The first-order valence-corrected chi connectivity index (χ1v) is 9.73. The Morgan fingerprint density at radius 1 is 0.867 bits per heavy atom. The van der Waals surface area contributed by atoms with Crippen LogP contribution in [-0.2, 0) is 32.3 Å². The first-order valence-electron chi connectivity index (χ1n) is 9.73. The summed E-state index contributed by atoms with van der Waals surface area (Å²) in [5, 5.41) is 5.11. The fraction of sp³-hybridized carbons (Fsp3) is 0.318. The Hall–Kier alpha value is -3.39. The maximum atomic E-state index is 12.3. The highest BCUT2D eigenvalue weighted by Crippen LogP contribution is 2.06. The van der Waals surface area contributed by atoms with E-state index in [1.165, 1.54) is 0 Å². The number of nitrogens with two attached hydrogens (primary N) is 1. The van der Waals surface area contributed by atoms with E-state index in [1.54, 1.807) is 0 Å². The summed E-state index contributed by atoms with van der Waals surface area (Å²) >= 11 is 0. The quantitative estimate of drug-likeness (QED) is 0.484. The number of hydrogen-bond donors (Lipinski definition) is 3. The molecule has 2 amide bonds. The van der Waals surface area contributed by atoms with E-state index in [-0.39, 0.29) is 39.1 Å². The summed E-state index contributed by atoms with van der Waals surface area (Å²) in [6, 6.07) is 17.5. The number of carbonyl (C=O) groups excluding carboxylic acids is 3. The summed E-state index contributed by atoms with van der Waals surface area (Å²) < 4.78 is 10.4. The van der Waals surface area contributed by atoms with Gasteiger partial charge in [-0.2, -0.15) is 0 Å². The molecule has 0 fully saturated rings. The summed E-state index contributed by atoms with van der Waals surface area (Å²) in [5.74, 6) is -0.900. The van der Waals surface area contributed by atoms with Crippen LogP contribution in [0.1, 0.15) is 24.0 Å². The van der Waals surface area contributed by atoms with Gasteiger partial charge in [0.1, 0.15) is 19.3 Å². The topological polar surface area (TPSA) is 120 Å². The number of nitrogens with one attached hydrogen (secondary N) is 2. The number of benzene rings is 2. The number of carbonyl (C=O) groups is 3. The molecule has 2 aromatic rings. The van der Waals surface area contributed by atoms with E-state index in [2.05, 4.69) is 10.6 Å². The maximum absolute atomic E-state index is 12.3. The molecule has 0 aliphatic carbocycles. The second-order valence-corrected chi connectivity index (χ2v) is 6.52. The average Bonchev–Trinajstić information content (AvgIpc) is 2.78. The predicted octanol–water partition coefficient (Wildman–Crippen LogP) is 1.88. The van der Waals surface area contributed by atoms with E-state index in [1.807, 2.05) is 60.7 Å². The molecule has 0 unspecified atom stereocenters. The monoisotopic (exact) mass is 413 g/mol. The lowest BCUT2D eigenvalue weighted by atomic mass is 10.1. The molecular weight excluding hydrogens is 386 g/mol. The molecule has 0 heterocycles. The van der Waals surface area contributed by atoms with E-state index in [0.29, 0.717) is 0 Å². The molecule has 8 heteroatoms. The highest BCUT2D eigenvalue weighted by molar-refractivity contribution is 5.86. The second kappa shape index (κ2) is 12.9. The van der Waals surface area contributed by atoms with Crippen LogP contribution in [0.3, 0.4) is 0 Å². The molecule has 30 heavy (non-hydrogen) atoms. The van der Waals surface area contributed by atoms with Crippen LogP contribution in [-0.4, -0.2) is 37.1 Å². The Bertz CT molecular complexity index is 799. The van der Waals surface area contributed by atoms with E-state index >= 15 is 0 Å². The van der Waals surface area contributed by atoms with Gasteiger partial charge >= 0.3 is 12.1 Å². The van der Waals surface area contributed by atoms with Crippen LogP contribution in [0.4, 0.5) is 4.79 Å². The van der Waals surface area contributed by atoms with E-state index in [9.17, 15) is 14.4 Å². The van der Waals surface area contributed by atoms with E-state index < -0.39 is 24.0 Å². The fourth-order valence-electron chi connectivity index (χ4n) is 2.57. The molecule has 4 N–H and O–H groups in total. The minimum atomic E-state index is -0.941. The van der Waals surface area contributed by atoms with Crippen LogP contribution in [0.2, 0.25) is 0 Å². The van der Waals surface area contributed by atoms with Crippen LogP contribution in [0.25, 0.3) is 0 Å². The average molecular weight is 413 g/mol. The molecule has 2 rings (SSSR count). The lowest BCUT2D eigenvalue weighted by Gasteiger charge is -2.18. The third kappa shape index (κ3) is 8.74. The van der Waals surface area contributed by atoms with Gasteiger partial charge in [-0.15, -0.1) is 0 Å². The summed E-state index contributed by atoms with van der Waals surface area (Å²) in [7, 11) is 0. The molecule has 0 aromatic heterocycles. The minimum absolute atomic E-state index is 0.0352. The molecule has 0 aliphatic heterocycles. The number of alkyl carbamates (subject to hydrolysis) is 1. The molecule has 2 aromatic carbocycles. The largest absolute Gasteiger partial charge is 0.461 e. The third-order valence-electron chi connectivity index (χ3n) is 4.14. The van der Waals surface area contributed by atoms with Crippen LogP contribution in [0.5, 0.6) is 0 Å². The molecule has 0 saturated carbocycles. The third-order valence-corrected chi connectivity index (χ3v) is 4.14. The van der Waals surface area contributed by atoms with Crippen LogP contribution in [0, 0.1) is 0 Å². The second-order valence-electron chi connectivity index (χ2n) is 6.52. The first-order chi connectivity index (χ1) is 14.6. The van der Waals surface area contributed by atoms with Crippen molar-refractivity contribution >= 4 is 18.0 Å². The van der Waals surface area contributed by atoms with Gasteiger partial charge in [0.15, 0.2) is 0 Å². The van der Waals surface area contributed by atoms with Gasteiger partial charge in [0.05, 0.1) is 0 Å². The lowest BCUT2D eigenvalue weighted by Crippen LogP contribution is -2.48. The highest BCUT2D eigenvalue weighted by Gasteiger charge is 2.22. The van der Waals surface area contributed by atoms with E-state index in [4.69, 9.17) is 15.2 Å². The van der Waals surface area contributed by atoms with Crippen molar-refractivity contribution in [2.75, 3.05) is 13.1 Å². The van der Waals surface area contributed by atoms with Crippen molar-refractivity contribution in [3.8, 4) is 0 Å². The Labute approximate surface area is 175 Å². The molecule has 0 aliphatic rings. The Morgan fingerprint density at radius 3 is 2.00 bits per heavy atom. The predicted molar refractivity (Wildman–Crippen MR) is 111 cm³/mol. The van der Waals surface area contributed by atoms with Crippen molar-refractivity contribution in [2.24, 2.45) is 5.73 Å². The summed E-state index contributed by atoms with van der Waals surface area (Å²) in [5.41, 5.74) is 7.09. The van der Waals surface area contributed by atoms with Gasteiger partial charge < -0.3 is 25.8 Å². The van der Waals surface area contributed by atoms with Gasteiger partial charge in [0.2, 0.25) is 5.91 Å². The molecule has 0 bridgehead atoms. The molecular formula is C22H27N3O5. The normalized spacial score (nSPS) is 11.2. The van der Waals surface area contributed by atoms with Gasteiger partial charge in [0.25, 0.3) is 0 Å². The molecule has 8 nitrogen and oxygen atoms in total. The van der Waals surface area contributed by atoms with Crippen molar-refractivity contribution in [2.45, 2.75) is 32.1 Å². The molecule has 0 radical (unpaired) electrons. The molecule has 0 spiro atoms. The van der Waals surface area contributed by atoms with Crippen molar-refractivity contribution in [3.63, 3.8) is 0 Å². The summed E-state index contributed by atoms with van der Waals surface area (Å²) in [6.45, 7) is 0.740. The van der Waals surface area contributed by atoms with Crippen molar-refractivity contribution in [3.05, 3.63) is 71.8 Å². The van der Waals surface area contributed by atoms with Crippen LogP contribution < -0.4 is 16.4 Å². The fourth-order valence-corrected chi connectivity index (χ4v) is 2.57. The molecule has 1 atom stereocenters. The smallest absolute Gasteiger partial charge is 0.408 e. The van der Waals surface area contributed by atoms with Gasteiger partial charge in [-0.1, -0.05) is 60.7 Å². The van der Waals surface area contributed by atoms with Gasteiger partial charge in [-0.3, -0.25) is 9.59 Å². The van der Waals surface area contributed by atoms with Crippen molar-refractivity contribution in [1.82, 2.24) is 10.6 Å². The number of amides is 2. The number of rotatable bonds is 11. The minimum Gasteiger partial charge on any atom is -0.461 e. The number of ether oxygens (including phenoxy) is 2. The first kappa shape index (κ1) is 22.9. The zero-order valence-electron chi connectivity index (χ0n) is 16.7. The molecule has 0 saturated heterocycles. The molecule has 160 valence electrons. The lowest BCUT2D eigenvalue weighted by molar-refractivity contribution is -0.145. The highest BCUT2D eigenvalue weighted by atomic mass is 16.5. The summed E-state index contributed by atoms with van der Waals surface area (Å²) in [6.07, 6.45) is -0.707. The van der Waals surface area contributed by atoms with Gasteiger partial charge in [0, 0.05) is 19.5 Å². The van der Waals surface area contributed by atoms with Crippen LogP contribution in [0.15, 0.2) is 60.7 Å². The summed E-state index contributed by atoms with van der Waals surface area (Å²) in [4.78, 5) is 36.5. The van der Waals surface area contributed by atoms with Crippen LogP contribution >= 0.6 is 0 Å². The Morgan fingerprint density at radius 2 is 1.43 bits per heavy atom. The number of hydrogen-bond acceptors (Lipinski definition) is 6.